The molecule has 2 aromatic rings. The van der Waals surface area contributed by atoms with Crippen molar-refractivity contribution in [1.82, 2.24) is 0 Å². The molecule has 0 aliphatic heterocycles. The van der Waals surface area contributed by atoms with Crippen LogP contribution < -0.4 is 5.32 Å². The third kappa shape index (κ3) is 3.04. The van der Waals surface area contributed by atoms with Gasteiger partial charge in [-0.1, -0.05) is 18.2 Å². The lowest BCUT2D eigenvalue weighted by atomic mass is 10.2. The van der Waals surface area contributed by atoms with E-state index in [4.69, 9.17) is 0 Å². The SMILES string of the molecule is O=[N+]([O-])c1cccc(CNc2cccc(F)c2)c1. The maximum absolute atomic E-state index is 12.9. The predicted molar refractivity (Wildman–Crippen MR) is 66.8 cm³/mol. The number of halogens is 1. The Bertz CT molecular complexity index is 572. The van der Waals surface area contributed by atoms with Gasteiger partial charge in [0, 0.05) is 24.4 Å². The minimum atomic E-state index is -0.439. The number of rotatable bonds is 4. The van der Waals surface area contributed by atoms with Crippen LogP contribution in [0.25, 0.3) is 0 Å². The number of nitrogens with zero attached hydrogens (tertiary/aromatic N) is 1. The molecule has 0 saturated carbocycles. The van der Waals surface area contributed by atoms with Gasteiger partial charge in [0.2, 0.25) is 0 Å². The van der Waals surface area contributed by atoms with Crippen LogP contribution in [0.1, 0.15) is 5.56 Å². The summed E-state index contributed by atoms with van der Waals surface area (Å²) in [6, 6.07) is 12.4. The second kappa shape index (κ2) is 5.27. The number of non-ortho nitro benzene ring substituents is 1. The predicted octanol–water partition coefficient (Wildman–Crippen LogP) is 3.35. The lowest BCUT2D eigenvalue weighted by Gasteiger charge is -2.06. The highest BCUT2D eigenvalue weighted by atomic mass is 19.1. The van der Waals surface area contributed by atoms with Crippen molar-refractivity contribution in [1.29, 1.82) is 0 Å². The molecule has 4 nitrogen and oxygen atoms in total. The second-order valence-corrected chi connectivity index (χ2v) is 3.79. The summed E-state index contributed by atoms with van der Waals surface area (Å²) in [5.74, 6) is -0.320. The number of hydrogen-bond acceptors (Lipinski definition) is 3. The van der Waals surface area contributed by atoms with Gasteiger partial charge in [-0.15, -0.1) is 0 Å². The molecule has 0 heterocycles. The smallest absolute Gasteiger partial charge is 0.269 e. The third-order valence-electron chi connectivity index (χ3n) is 2.44. The largest absolute Gasteiger partial charge is 0.381 e. The molecule has 2 aromatic carbocycles. The minimum Gasteiger partial charge on any atom is -0.381 e. The van der Waals surface area contributed by atoms with E-state index in [0.717, 1.165) is 5.56 Å². The van der Waals surface area contributed by atoms with E-state index in [-0.39, 0.29) is 11.5 Å². The molecule has 2 rings (SSSR count). The van der Waals surface area contributed by atoms with E-state index in [9.17, 15) is 14.5 Å². The molecule has 0 amide bonds. The fourth-order valence-electron chi connectivity index (χ4n) is 1.58. The van der Waals surface area contributed by atoms with Gasteiger partial charge in [0.15, 0.2) is 0 Å². The van der Waals surface area contributed by atoms with E-state index >= 15 is 0 Å². The van der Waals surface area contributed by atoms with Crippen LogP contribution in [0.4, 0.5) is 15.8 Å². The van der Waals surface area contributed by atoms with Crippen molar-refractivity contribution in [2.45, 2.75) is 6.54 Å². The Hall–Kier alpha value is -2.43. The van der Waals surface area contributed by atoms with Crippen molar-refractivity contribution in [2.75, 3.05) is 5.32 Å². The van der Waals surface area contributed by atoms with Crippen molar-refractivity contribution >= 4 is 11.4 Å². The average Bonchev–Trinajstić information content (AvgIpc) is 2.37. The summed E-state index contributed by atoms with van der Waals surface area (Å²) in [5.41, 5.74) is 1.46. The van der Waals surface area contributed by atoms with Crippen LogP contribution in [0, 0.1) is 15.9 Å². The topological polar surface area (TPSA) is 55.2 Å². The van der Waals surface area contributed by atoms with E-state index in [0.29, 0.717) is 12.2 Å². The van der Waals surface area contributed by atoms with Gasteiger partial charge in [-0.2, -0.15) is 0 Å². The standard InChI is InChI=1S/C13H11FN2O2/c14-11-4-2-5-12(8-11)15-9-10-3-1-6-13(7-10)16(17)18/h1-8,15H,9H2. The normalized spacial score (nSPS) is 10.1. The van der Waals surface area contributed by atoms with Gasteiger partial charge in [-0.3, -0.25) is 10.1 Å². The van der Waals surface area contributed by atoms with Gasteiger partial charge >= 0.3 is 0 Å². The molecule has 0 radical (unpaired) electrons. The minimum absolute atomic E-state index is 0.0496. The average molecular weight is 246 g/mol. The van der Waals surface area contributed by atoms with Crippen LogP contribution in [0.2, 0.25) is 0 Å². The first-order valence-electron chi connectivity index (χ1n) is 5.38. The van der Waals surface area contributed by atoms with Gasteiger partial charge in [0.1, 0.15) is 5.82 Å². The number of anilines is 1. The summed E-state index contributed by atoms with van der Waals surface area (Å²) in [4.78, 5) is 10.2. The zero-order valence-electron chi connectivity index (χ0n) is 9.47. The lowest BCUT2D eigenvalue weighted by Crippen LogP contribution is -2.00. The van der Waals surface area contributed by atoms with Crippen molar-refractivity contribution in [3.63, 3.8) is 0 Å². The summed E-state index contributed by atoms with van der Waals surface area (Å²) < 4.78 is 12.9. The Morgan fingerprint density at radius 3 is 2.67 bits per heavy atom. The third-order valence-corrected chi connectivity index (χ3v) is 2.44. The van der Waals surface area contributed by atoms with Gasteiger partial charge in [0.05, 0.1) is 4.92 Å². The van der Waals surface area contributed by atoms with Gasteiger partial charge in [0.25, 0.3) is 5.69 Å². The fraction of sp³-hybridized carbons (Fsp3) is 0.0769. The van der Waals surface area contributed by atoms with Crippen LogP contribution >= 0.6 is 0 Å². The van der Waals surface area contributed by atoms with Crippen LogP contribution in [0.3, 0.4) is 0 Å². The Kier molecular flexibility index (Phi) is 3.52. The van der Waals surface area contributed by atoms with Crippen LogP contribution in [-0.4, -0.2) is 4.92 Å². The van der Waals surface area contributed by atoms with Gasteiger partial charge in [-0.05, 0) is 23.8 Å². The highest BCUT2D eigenvalue weighted by Crippen LogP contribution is 2.15. The Morgan fingerprint density at radius 2 is 1.94 bits per heavy atom. The number of nitrogens with one attached hydrogen (secondary N) is 1. The maximum atomic E-state index is 12.9. The van der Waals surface area contributed by atoms with E-state index in [1.165, 1.54) is 24.3 Å². The maximum Gasteiger partial charge on any atom is 0.269 e. The summed E-state index contributed by atoms with van der Waals surface area (Å²) >= 11 is 0. The molecule has 1 N–H and O–H groups in total. The molecular formula is C13H11FN2O2. The first-order valence-corrected chi connectivity index (χ1v) is 5.38. The summed E-state index contributed by atoms with van der Waals surface area (Å²) in [6.07, 6.45) is 0. The van der Waals surface area contributed by atoms with Crippen LogP contribution in [-0.2, 0) is 6.54 Å². The van der Waals surface area contributed by atoms with E-state index in [2.05, 4.69) is 5.32 Å². The molecule has 92 valence electrons. The zero-order valence-corrected chi connectivity index (χ0v) is 9.47. The zero-order chi connectivity index (χ0) is 13.0. The molecule has 0 aliphatic carbocycles. The van der Waals surface area contributed by atoms with Crippen molar-refractivity contribution in [3.05, 3.63) is 70.0 Å². The first-order chi connectivity index (χ1) is 8.65. The van der Waals surface area contributed by atoms with E-state index < -0.39 is 4.92 Å². The van der Waals surface area contributed by atoms with Crippen molar-refractivity contribution in [3.8, 4) is 0 Å². The number of nitro groups is 1. The molecule has 0 fully saturated rings. The highest BCUT2D eigenvalue weighted by molar-refractivity contribution is 5.44. The van der Waals surface area contributed by atoms with E-state index in [1.54, 1.807) is 24.3 Å². The molecule has 0 aromatic heterocycles. The van der Waals surface area contributed by atoms with Gasteiger partial charge < -0.3 is 5.32 Å². The van der Waals surface area contributed by atoms with Crippen molar-refractivity contribution < 1.29 is 9.31 Å². The number of benzene rings is 2. The fourth-order valence-corrected chi connectivity index (χ4v) is 1.58. The highest BCUT2D eigenvalue weighted by Gasteiger charge is 2.05. The molecule has 18 heavy (non-hydrogen) atoms. The Morgan fingerprint density at radius 1 is 1.17 bits per heavy atom. The molecule has 0 aliphatic rings. The molecule has 0 spiro atoms. The Labute approximate surface area is 103 Å². The van der Waals surface area contributed by atoms with E-state index in [1.807, 2.05) is 0 Å². The second-order valence-electron chi connectivity index (χ2n) is 3.79. The first kappa shape index (κ1) is 12.0. The Balaban J connectivity index is 2.06. The molecule has 0 unspecified atom stereocenters. The molecule has 0 atom stereocenters. The molecular weight excluding hydrogens is 235 g/mol. The quantitative estimate of drug-likeness (QED) is 0.664. The molecule has 0 saturated heterocycles. The van der Waals surface area contributed by atoms with Crippen LogP contribution in [0.15, 0.2) is 48.5 Å². The summed E-state index contributed by atoms with van der Waals surface area (Å²) in [7, 11) is 0. The summed E-state index contributed by atoms with van der Waals surface area (Å²) in [6.45, 7) is 0.408. The monoisotopic (exact) mass is 246 g/mol. The number of nitro benzene ring substituents is 1. The molecule has 5 heteroatoms. The summed E-state index contributed by atoms with van der Waals surface area (Å²) in [5, 5.41) is 13.6. The van der Waals surface area contributed by atoms with Crippen molar-refractivity contribution in [2.24, 2.45) is 0 Å². The molecule has 0 bridgehead atoms. The lowest BCUT2D eigenvalue weighted by molar-refractivity contribution is -0.384. The van der Waals surface area contributed by atoms with Gasteiger partial charge in [-0.25, -0.2) is 4.39 Å². The van der Waals surface area contributed by atoms with Crippen LogP contribution in [0.5, 0.6) is 0 Å². The number of hydrogen-bond donors (Lipinski definition) is 1.